The Morgan fingerprint density at radius 3 is 2.94 bits per heavy atom. The molecule has 1 aliphatic rings. The number of nitrogens with two attached hydrogens (primary N) is 2. The maximum atomic E-state index is 11.0. The molecule has 1 amide bonds. The largest absolute Gasteiger partial charge is 0.464 e. The van der Waals surface area contributed by atoms with Crippen molar-refractivity contribution in [3.05, 3.63) is 23.8 Å². The lowest BCUT2D eigenvalue weighted by Gasteiger charge is -2.15. The van der Waals surface area contributed by atoms with E-state index < -0.39 is 6.29 Å². The molecule has 2 rings (SSSR count). The van der Waals surface area contributed by atoms with Crippen molar-refractivity contribution in [3.63, 3.8) is 0 Å². The third kappa shape index (κ3) is 1.81. The Bertz CT molecular complexity index is 420. The number of anilines is 1. The van der Waals surface area contributed by atoms with Gasteiger partial charge in [0.25, 0.3) is 0 Å². The molecule has 4 N–H and O–H groups in total. The van der Waals surface area contributed by atoms with E-state index in [2.05, 4.69) is 0 Å². The molecule has 0 spiro atoms. The average molecular weight is 222 g/mol. The van der Waals surface area contributed by atoms with Crippen LogP contribution in [0.3, 0.4) is 0 Å². The summed E-state index contributed by atoms with van der Waals surface area (Å²) in [5, 5.41) is 0. The minimum absolute atomic E-state index is 0.180. The molecular formula is C11H14N2O3. The molecule has 16 heavy (non-hydrogen) atoms. The van der Waals surface area contributed by atoms with Crippen LogP contribution >= 0.6 is 0 Å². The van der Waals surface area contributed by atoms with Crippen LogP contribution in [0.1, 0.15) is 17.9 Å². The maximum absolute atomic E-state index is 11.0. The lowest BCUT2D eigenvalue weighted by Crippen LogP contribution is -2.25. The molecule has 0 aromatic heterocycles. The summed E-state index contributed by atoms with van der Waals surface area (Å²) in [6.45, 7) is 0. The van der Waals surface area contributed by atoms with Crippen LogP contribution in [-0.2, 0) is 9.53 Å². The van der Waals surface area contributed by atoms with Crippen LogP contribution in [0.2, 0.25) is 0 Å². The van der Waals surface area contributed by atoms with Gasteiger partial charge in [-0.1, -0.05) is 0 Å². The summed E-state index contributed by atoms with van der Waals surface area (Å²) in [5.74, 6) is 0.138. The van der Waals surface area contributed by atoms with Gasteiger partial charge in [-0.3, -0.25) is 4.79 Å². The minimum Gasteiger partial charge on any atom is -0.464 e. The van der Waals surface area contributed by atoms with E-state index in [1.54, 1.807) is 18.2 Å². The third-order valence-electron chi connectivity index (χ3n) is 2.66. The van der Waals surface area contributed by atoms with E-state index >= 15 is 0 Å². The van der Waals surface area contributed by atoms with E-state index in [1.165, 1.54) is 7.11 Å². The fourth-order valence-electron chi connectivity index (χ4n) is 1.95. The average Bonchev–Trinajstić information content (AvgIpc) is 2.56. The number of benzene rings is 1. The van der Waals surface area contributed by atoms with Gasteiger partial charge in [0, 0.05) is 24.8 Å². The number of primary amides is 1. The smallest absolute Gasteiger partial charge is 0.218 e. The highest BCUT2D eigenvalue weighted by Gasteiger charge is 2.35. The van der Waals surface area contributed by atoms with Crippen LogP contribution in [0.25, 0.3) is 0 Å². The van der Waals surface area contributed by atoms with Gasteiger partial charge in [0.15, 0.2) is 0 Å². The zero-order valence-electron chi connectivity index (χ0n) is 8.97. The van der Waals surface area contributed by atoms with Crippen molar-refractivity contribution in [2.45, 2.75) is 18.6 Å². The second-order valence-electron chi connectivity index (χ2n) is 3.80. The molecule has 0 radical (unpaired) electrons. The number of rotatable bonds is 3. The minimum atomic E-state index is -0.468. The summed E-state index contributed by atoms with van der Waals surface area (Å²) < 4.78 is 10.7. The van der Waals surface area contributed by atoms with Crippen molar-refractivity contribution in [1.82, 2.24) is 0 Å². The van der Waals surface area contributed by atoms with Gasteiger partial charge < -0.3 is 20.9 Å². The number of ether oxygens (including phenoxy) is 2. The summed E-state index contributed by atoms with van der Waals surface area (Å²) in [5.41, 5.74) is 12.4. The Morgan fingerprint density at radius 2 is 2.31 bits per heavy atom. The zero-order chi connectivity index (χ0) is 11.7. The summed E-state index contributed by atoms with van der Waals surface area (Å²) in [4.78, 5) is 11.0. The first-order valence-electron chi connectivity index (χ1n) is 4.99. The molecule has 0 fully saturated rings. The van der Waals surface area contributed by atoms with Crippen LogP contribution in [-0.4, -0.2) is 19.3 Å². The van der Waals surface area contributed by atoms with Crippen LogP contribution in [0.4, 0.5) is 5.69 Å². The van der Waals surface area contributed by atoms with E-state index in [0.29, 0.717) is 11.4 Å². The Labute approximate surface area is 93.3 Å². The fraction of sp³-hybridized carbons (Fsp3) is 0.364. The number of methoxy groups -OCH3 is 1. The third-order valence-corrected chi connectivity index (χ3v) is 2.66. The highest BCUT2D eigenvalue weighted by Crippen LogP contribution is 2.41. The highest BCUT2D eigenvalue weighted by molar-refractivity contribution is 5.75. The van der Waals surface area contributed by atoms with Gasteiger partial charge >= 0.3 is 0 Å². The van der Waals surface area contributed by atoms with Gasteiger partial charge in [0.1, 0.15) is 5.75 Å². The summed E-state index contributed by atoms with van der Waals surface area (Å²) in [7, 11) is 1.54. The van der Waals surface area contributed by atoms with Crippen molar-refractivity contribution in [2.24, 2.45) is 5.73 Å². The van der Waals surface area contributed by atoms with Gasteiger partial charge in [-0.25, -0.2) is 0 Å². The molecule has 0 bridgehead atoms. The summed E-state index contributed by atoms with van der Waals surface area (Å²) in [6.07, 6.45) is -0.279. The highest BCUT2D eigenvalue weighted by atomic mass is 16.7. The van der Waals surface area contributed by atoms with Crippen LogP contribution in [0.15, 0.2) is 18.2 Å². The molecule has 1 heterocycles. The van der Waals surface area contributed by atoms with E-state index in [4.69, 9.17) is 20.9 Å². The predicted octanol–water partition coefficient (Wildman–Crippen LogP) is 0.593. The van der Waals surface area contributed by atoms with Crippen LogP contribution in [0, 0.1) is 0 Å². The number of carbonyl (C=O) groups is 1. The van der Waals surface area contributed by atoms with E-state index in [0.717, 1.165) is 5.56 Å². The first-order valence-corrected chi connectivity index (χ1v) is 4.99. The van der Waals surface area contributed by atoms with E-state index in [-0.39, 0.29) is 18.2 Å². The van der Waals surface area contributed by atoms with Crippen molar-refractivity contribution in [1.29, 1.82) is 0 Å². The van der Waals surface area contributed by atoms with Gasteiger partial charge in [-0.15, -0.1) is 0 Å². The SMILES string of the molecule is COC1Oc2ccc(N)cc2C1CC(N)=O. The molecule has 1 aliphatic heterocycles. The zero-order valence-corrected chi connectivity index (χ0v) is 8.97. The number of fused-ring (bicyclic) bond motifs is 1. The Hall–Kier alpha value is -1.75. The summed E-state index contributed by atoms with van der Waals surface area (Å²) in [6, 6.07) is 5.32. The Kier molecular flexibility index (Phi) is 2.70. The van der Waals surface area contributed by atoms with E-state index in [9.17, 15) is 4.79 Å². The van der Waals surface area contributed by atoms with Gasteiger partial charge in [-0.2, -0.15) is 0 Å². The molecular weight excluding hydrogens is 208 g/mol. The molecule has 1 aromatic carbocycles. The van der Waals surface area contributed by atoms with Gasteiger partial charge in [-0.05, 0) is 18.2 Å². The first kappa shape index (κ1) is 10.8. The van der Waals surface area contributed by atoms with Crippen molar-refractivity contribution < 1.29 is 14.3 Å². The van der Waals surface area contributed by atoms with E-state index in [1.807, 2.05) is 0 Å². The second-order valence-corrected chi connectivity index (χ2v) is 3.80. The topological polar surface area (TPSA) is 87.6 Å². The number of hydrogen-bond donors (Lipinski definition) is 2. The van der Waals surface area contributed by atoms with Crippen molar-refractivity contribution in [3.8, 4) is 5.75 Å². The quantitative estimate of drug-likeness (QED) is 0.733. The number of nitrogen functional groups attached to an aromatic ring is 1. The lowest BCUT2D eigenvalue weighted by atomic mass is 9.96. The van der Waals surface area contributed by atoms with Gasteiger partial charge in [0.2, 0.25) is 12.2 Å². The number of hydrogen-bond acceptors (Lipinski definition) is 4. The number of amides is 1. The maximum Gasteiger partial charge on any atom is 0.218 e. The Morgan fingerprint density at radius 1 is 1.56 bits per heavy atom. The molecule has 86 valence electrons. The number of carbonyl (C=O) groups excluding carboxylic acids is 1. The van der Waals surface area contributed by atoms with Crippen LogP contribution < -0.4 is 16.2 Å². The molecule has 0 saturated carbocycles. The summed E-state index contributed by atoms with van der Waals surface area (Å²) >= 11 is 0. The first-order chi connectivity index (χ1) is 7.61. The molecule has 2 atom stereocenters. The monoisotopic (exact) mass is 222 g/mol. The standard InChI is InChI=1S/C11H14N2O3/c1-15-11-8(5-10(13)14)7-4-6(12)2-3-9(7)16-11/h2-4,8,11H,5,12H2,1H3,(H2,13,14). The van der Waals surface area contributed by atoms with Gasteiger partial charge in [0.05, 0.1) is 5.92 Å². The fourth-order valence-corrected chi connectivity index (χ4v) is 1.95. The normalized spacial score (nSPS) is 22.6. The molecule has 2 unspecified atom stereocenters. The molecule has 0 aliphatic carbocycles. The van der Waals surface area contributed by atoms with Crippen molar-refractivity contribution >= 4 is 11.6 Å². The predicted molar refractivity (Wildman–Crippen MR) is 58.8 cm³/mol. The second kappa shape index (κ2) is 4.02. The molecule has 5 heteroatoms. The Balaban J connectivity index is 2.34. The molecule has 5 nitrogen and oxygen atoms in total. The molecule has 1 aromatic rings. The van der Waals surface area contributed by atoms with Crippen molar-refractivity contribution in [2.75, 3.05) is 12.8 Å². The lowest BCUT2D eigenvalue weighted by molar-refractivity contribution is -0.121. The molecule has 0 saturated heterocycles. The van der Waals surface area contributed by atoms with Crippen LogP contribution in [0.5, 0.6) is 5.75 Å².